The molecular formula is C14H24N6O4. The van der Waals surface area contributed by atoms with Crippen molar-refractivity contribution in [2.24, 2.45) is 0 Å². The first-order chi connectivity index (χ1) is 11.7. The molecule has 0 saturated carbocycles. The van der Waals surface area contributed by atoms with Crippen molar-refractivity contribution in [1.29, 1.82) is 0 Å². The minimum Gasteiger partial charge on any atom is -0.383 e. The first-order valence-electron chi connectivity index (χ1n) is 7.98. The molecule has 0 unspecified atom stereocenters. The molecule has 1 aliphatic rings. The molecule has 1 fully saturated rings. The van der Waals surface area contributed by atoms with Crippen molar-refractivity contribution in [3.8, 4) is 0 Å². The van der Waals surface area contributed by atoms with Crippen LogP contribution in [0.25, 0.3) is 0 Å². The first kappa shape index (κ1) is 18.3. The average molecular weight is 340 g/mol. The van der Waals surface area contributed by atoms with Crippen molar-refractivity contribution in [3.63, 3.8) is 0 Å². The second-order valence-corrected chi connectivity index (χ2v) is 5.33. The van der Waals surface area contributed by atoms with Crippen LogP contribution in [0.1, 0.15) is 6.42 Å². The normalized spacial score (nSPS) is 15.2. The van der Waals surface area contributed by atoms with Crippen molar-refractivity contribution < 1.29 is 14.4 Å². The molecule has 2 N–H and O–H groups in total. The van der Waals surface area contributed by atoms with Crippen LogP contribution >= 0.6 is 0 Å². The Morgan fingerprint density at radius 3 is 2.58 bits per heavy atom. The summed E-state index contributed by atoms with van der Waals surface area (Å²) in [5.74, 6) is 0.430. The highest BCUT2D eigenvalue weighted by Gasteiger charge is 2.22. The maximum atomic E-state index is 11.3. The van der Waals surface area contributed by atoms with Gasteiger partial charge in [-0.15, -0.1) is 0 Å². The van der Waals surface area contributed by atoms with Crippen molar-refractivity contribution in [1.82, 2.24) is 14.9 Å². The highest BCUT2D eigenvalue weighted by molar-refractivity contribution is 5.69. The number of hydrogen-bond acceptors (Lipinski definition) is 9. The van der Waals surface area contributed by atoms with Gasteiger partial charge in [-0.25, -0.2) is 9.97 Å². The van der Waals surface area contributed by atoms with Gasteiger partial charge in [-0.2, -0.15) is 0 Å². The van der Waals surface area contributed by atoms with Crippen LogP contribution in [0, 0.1) is 10.1 Å². The minimum atomic E-state index is -0.473. The number of nitrogens with zero attached hydrogens (tertiary/aromatic N) is 4. The molecule has 0 atom stereocenters. The number of rotatable bonds is 10. The lowest BCUT2D eigenvalue weighted by Crippen LogP contribution is -2.37. The van der Waals surface area contributed by atoms with Crippen molar-refractivity contribution in [3.05, 3.63) is 16.4 Å². The van der Waals surface area contributed by atoms with E-state index in [4.69, 9.17) is 9.47 Å². The minimum absolute atomic E-state index is 0.139. The van der Waals surface area contributed by atoms with Gasteiger partial charge in [-0.1, -0.05) is 0 Å². The maximum absolute atomic E-state index is 11.3. The van der Waals surface area contributed by atoms with E-state index in [1.54, 1.807) is 7.11 Å². The number of anilines is 2. The zero-order chi connectivity index (χ0) is 17.2. The highest BCUT2D eigenvalue weighted by atomic mass is 16.6. The zero-order valence-corrected chi connectivity index (χ0v) is 13.9. The summed E-state index contributed by atoms with van der Waals surface area (Å²) in [6.07, 6.45) is 2.18. The molecule has 0 bridgehead atoms. The summed E-state index contributed by atoms with van der Waals surface area (Å²) in [5.41, 5.74) is -0.139. The van der Waals surface area contributed by atoms with E-state index in [1.807, 2.05) is 0 Å². The SMILES string of the molecule is COCCNc1ncnc(NCCCN2CCOCC2)c1[N+](=O)[O-]. The summed E-state index contributed by atoms with van der Waals surface area (Å²) in [6.45, 7) is 5.79. The topological polar surface area (TPSA) is 115 Å². The van der Waals surface area contributed by atoms with Crippen molar-refractivity contribution in [2.45, 2.75) is 6.42 Å². The summed E-state index contributed by atoms with van der Waals surface area (Å²) < 4.78 is 10.2. The van der Waals surface area contributed by atoms with Crippen molar-refractivity contribution >= 4 is 17.3 Å². The molecule has 134 valence electrons. The molecule has 1 saturated heterocycles. The molecule has 0 spiro atoms. The van der Waals surface area contributed by atoms with E-state index < -0.39 is 4.92 Å². The average Bonchev–Trinajstić information content (AvgIpc) is 2.60. The van der Waals surface area contributed by atoms with Crippen LogP contribution in [0.2, 0.25) is 0 Å². The number of aromatic nitrogens is 2. The van der Waals surface area contributed by atoms with Crippen LogP contribution in [0.3, 0.4) is 0 Å². The lowest BCUT2D eigenvalue weighted by atomic mass is 10.3. The van der Waals surface area contributed by atoms with Crippen LogP contribution in [0.15, 0.2) is 6.33 Å². The first-order valence-corrected chi connectivity index (χ1v) is 7.98. The second kappa shape index (κ2) is 9.96. The van der Waals surface area contributed by atoms with Gasteiger partial charge < -0.3 is 20.1 Å². The third-order valence-corrected chi connectivity index (χ3v) is 3.65. The van der Waals surface area contributed by atoms with E-state index in [0.717, 1.165) is 39.3 Å². The van der Waals surface area contributed by atoms with Crippen LogP contribution < -0.4 is 10.6 Å². The summed E-state index contributed by atoms with van der Waals surface area (Å²) in [4.78, 5) is 21.1. The molecule has 1 aliphatic heterocycles. The standard InChI is InChI=1S/C14H24N6O4/c1-23-8-4-16-14-12(20(21)22)13(17-11-18-14)15-3-2-5-19-6-9-24-10-7-19/h11H,2-10H2,1H3,(H2,15,16,17,18). The van der Waals surface area contributed by atoms with Gasteiger partial charge in [0, 0.05) is 33.3 Å². The second-order valence-electron chi connectivity index (χ2n) is 5.33. The van der Waals surface area contributed by atoms with Crippen molar-refractivity contribution in [2.75, 3.05) is 70.3 Å². The molecule has 2 heterocycles. The smallest absolute Gasteiger partial charge is 0.353 e. The number of methoxy groups -OCH3 is 1. The van der Waals surface area contributed by atoms with Gasteiger partial charge in [0.2, 0.25) is 11.6 Å². The Bertz CT molecular complexity index is 524. The molecule has 0 radical (unpaired) electrons. The van der Waals surface area contributed by atoms with Gasteiger partial charge in [-0.3, -0.25) is 15.0 Å². The van der Waals surface area contributed by atoms with Gasteiger partial charge in [0.05, 0.1) is 24.7 Å². The fourth-order valence-corrected chi connectivity index (χ4v) is 2.42. The Morgan fingerprint density at radius 2 is 1.96 bits per heavy atom. The Morgan fingerprint density at radius 1 is 1.29 bits per heavy atom. The van der Waals surface area contributed by atoms with Crippen LogP contribution in [-0.2, 0) is 9.47 Å². The summed E-state index contributed by atoms with van der Waals surface area (Å²) in [7, 11) is 1.57. The van der Waals surface area contributed by atoms with Crippen LogP contribution in [0.5, 0.6) is 0 Å². The summed E-state index contributed by atoms with van der Waals surface area (Å²) in [6, 6.07) is 0. The molecule has 24 heavy (non-hydrogen) atoms. The third kappa shape index (κ3) is 5.55. The predicted molar refractivity (Wildman–Crippen MR) is 89.4 cm³/mol. The fourth-order valence-electron chi connectivity index (χ4n) is 2.42. The third-order valence-electron chi connectivity index (χ3n) is 3.65. The van der Waals surface area contributed by atoms with Gasteiger partial charge in [-0.05, 0) is 13.0 Å². The predicted octanol–water partition coefficient (Wildman–Crippen LogP) is 0.577. The maximum Gasteiger partial charge on any atom is 0.353 e. The molecule has 1 aromatic rings. The molecular weight excluding hydrogens is 316 g/mol. The lowest BCUT2D eigenvalue weighted by Gasteiger charge is -2.26. The van der Waals surface area contributed by atoms with Crippen LogP contribution in [-0.4, -0.2) is 79.4 Å². The molecule has 2 rings (SSSR count). The van der Waals surface area contributed by atoms with E-state index >= 15 is 0 Å². The van der Waals surface area contributed by atoms with E-state index in [1.165, 1.54) is 6.33 Å². The zero-order valence-electron chi connectivity index (χ0n) is 13.9. The van der Waals surface area contributed by atoms with Gasteiger partial charge in [0.25, 0.3) is 0 Å². The van der Waals surface area contributed by atoms with E-state index in [2.05, 4.69) is 25.5 Å². The molecule has 0 amide bonds. The molecule has 0 aliphatic carbocycles. The van der Waals surface area contributed by atoms with E-state index in [9.17, 15) is 10.1 Å². The Balaban J connectivity index is 1.88. The number of hydrogen-bond donors (Lipinski definition) is 2. The monoisotopic (exact) mass is 340 g/mol. The molecule has 1 aromatic heterocycles. The highest BCUT2D eigenvalue weighted by Crippen LogP contribution is 2.28. The Labute approximate surface area is 140 Å². The fraction of sp³-hybridized carbons (Fsp3) is 0.714. The van der Waals surface area contributed by atoms with E-state index in [0.29, 0.717) is 19.7 Å². The quantitative estimate of drug-likeness (QED) is 0.358. The summed E-state index contributed by atoms with van der Waals surface area (Å²) in [5, 5.41) is 17.3. The molecule has 10 nitrogen and oxygen atoms in total. The summed E-state index contributed by atoms with van der Waals surface area (Å²) >= 11 is 0. The lowest BCUT2D eigenvalue weighted by molar-refractivity contribution is -0.383. The largest absolute Gasteiger partial charge is 0.383 e. The van der Waals surface area contributed by atoms with Gasteiger partial charge in [0.15, 0.2) is 0 Å². The Kier molecular flexibility index (Phi) is 7.59. The number of ether oxygens (including phenoxy) is 2. The van der Waals surface area contributed by atoms with Gasteiger partial charge in [0.1, 0.15) is 6.33 Å². The van der Waals surface area contributed by atoms with E-state index in [-0.39, 0.29) is 17.3 Å². The number of morpholine rings is 1. The number of nitrogens with one attached hydrogen (secondary N) is 2. The number of nitro groups is 1. The molecule has 0 aromatic carbocycles. The molecule has 10 heteroatoms. The van der Waals surface area contributed by atoms with Crippen LogP contribution in [0.4, 0.5) is 17.3 Å². The Hall–Kier alpha value is -2.04. The van der Waals surface area contributed by atoms with Gasteiger partial charge >= 0.3 is 5.69 Å².